The summed E-state index contributed by atoms with van der Waals surface area (Å²) >= 11 is 0. The molecule has 1 atom stereocenters. The summed E-state index contributed by atoms with van der Waals surface area (Å²) in [5.41, 5.74) is 2.81. The van der Waals surface area contributed by atoms with Crippen LogP contribution in [0.2, 0.25) is 0 Å². The summed E-state index contributed by atoms with van der Waals surface area (Å²) < 4.78 is 14.4. The van der Waals surface area contributed by atoms with E-state index in [1.54, 1.807) is 35.4 Å². The third kappa shape index (κ3) is 5.60. The maximum Gasteiger partial charge on any atom is 0.333 e. The number of aliphatic carboxylic acids is 1. The average molecular weight is 457 g/mol. The molecule has 0 saturated carbocycles. The van der Waals surface area contributed by atoms with Crippen molar-refractivity contribution < 1.29 is 19.4 Å². The van der Waals surface area contributed by atoms with Crippen LogP contribution in [0.25, 0.3) is 11.0 Å². The Hall–Kier alpha value is -3.20. The van der Waals surface area contributed by atoms with Crippen LogP contribution < -0.4 is 10.3 Å². The van der Waals surface area contributed by atoms with Gasteiger partial charge < -0.3 is 14.6 Å². The third-order valence-corrected chi connectivity index (χ3v) is 5.47. The quantitative estimate of drug-likeness (QED) is 0.446. The Labute approximate surface area is 193 Å². The number of carbonyl (C=O) groups is 1. The Bertz CT molecular complexity index is 1150. The Balaban J connectivity index is 1.71. The van der Waals surface area contributed by atoms with Crippen LogP contribution in [0, 0.1) is 0 Å². The molecule has 0 amide bonds. The van der Waals surface area contributed by atoms with Crippen LogP contribution >= 0.6 is 0 Å². The van der Waals surface area contributed by atoms with Crippen molar-refractivity contribution in [2.45, 2.75) is 59.1 Å². The molecule has 0 unspecified atom stereocenters. The predicted molar refractivity (Wildman–Crippen MR) is 125 cm³/mol. The number of carboxylic acids is 1. The van der Waals surface area contributed by atoms with Gasteiger partial charge in [-0.25, -0.2) is 9.78 Å². The summed E-state index contributed by atoms with van der Waals surface area (Å²) in [6.45, 7) is 6.84. The molecule has 9 heteroatoms. The predicted octanol–water partition coefficient (Wildman–Crippen LogP) is 2.76. The van der Waals surface area contributed by atoms with E-state index >= 15 is 0 Å². The highest BCUT2D eigenvalue weighted by molar-refractivity contribution is 5.76. The maximum absolute atomic E-state index is 13.2. The van der Waals surface area contributed by atoms with Crippen LogP contribution in [0.3, 0.4) is 0 Å². The van der Waals surface area contributed by atoms with E-state index in [0.717, 1.165) is 24.1 Å². The highest BCUT2D eigenvalue weighted by atomic mass is 16.5. The lowest BCUT2D eigenvalue weighted by Gasteiger charge is -2.14. The van der Waals surface area contributed by atoms with Crippen LogP contribution in [0.1, 0.15) is 44.3 Å². The van der Waals surface area contributed by atoms with Gasteiger partial charge in [-0.05, 0) is 31.0 Å². The fraction of sp³-hybridized carbons (Fsp3) is 0.500. The monoisotopic (exact) mass is 456 g/mol. The second-order valence-corrected chi connectivity index (χ2v) is 7.83. The topological polar surface area (TPSA) is 108 Å². The van der Waals surface area contributed by atoms with E-state index in [4.69, 9.17) is 14.5 Å². The van der Waals surface area contributed by atoms with Gasteiger partial charge in [0, 0.05) is 26.5 Å². The van der Waals surface area contributed by atoms with Crippen molar-refractivity contribution in [3.8, 4) is 5.75 Å². The minimum atomic E-state index is -0.977. The largest absolute Gasteiger partial charge is 0.492 e. The normalized spacial score (nSPS) is 12.2. The molecule has 178 valence electrons. The molecule has 33 heavy (non-hydrogen) atoms. The van der Waals surface area contributed by atoms with E-state index in [1.807, 2.05) is 19.1 Å². The first-order chi connectivity index (χ1) is 15.9. The minimum absolute atomic E-state index is 0.108. The van der Waals surface area contributed by atoms with Gasteiger partial charge in [0.15, 0.2) is 11.6 Å². The standard InChI is InChI=1S/C24H32N4O5/c1-5-8-18-21-22(27(4)26-18)23(29)28(20(6-2)25-21)13-14-33-17-11-9-16(10-12-17)15-19(24(30)31)32-7-3/h9-12,19H,5-8,13-15H2,1-4H3,(H,30,31)/t19-/m1/s1. The molecule has 3 aromatic rings. The molecule has 1 N–H and O–H groups in total. The fourth-order valence-corrected chi connectivity index (χ4v) is 3.88. The summed E-state index contributed by atoms with van der Waals surface area (Å²) in [7, 11) is 1.78. The molecular weight excluding hydrogens is 424 g/mol. The summed E-state index contributed by atoms with van der Waals surface area (Å²) in [4.78, 5) is 29.2. The number of hydrogen-bond acceptors (Lipinski definition) is 6. The van der Waals surface area contributed by atoms with E-state index in [9.17, 15) is 14.7 Å². The fourth-order valence-electron chi connectivity index (χ4n) is 3.88. The zero-order chi connectivity index (χ0) is 24.0. The van der Waals surface area contributed by atoms with Gasteiger partial charge >= 0.3 is 5.97 Å². The maximum atomic E-state index is 13.2. The molecular formula is C24H32N4O5. The second-order valence-electron chi connectivity index (χ2n) is 7.83. The highest BCUT2D eigenvalue weighted by Crippen LogP contribution is 2.17. The van der Waals surface area contributed by atoms with Crippen LogP contribution in [0.15, 0.2) is 29.1 Å². The lowest BCUT2D eigenvalue weighted by Crippen LogP contribution is -2.28. The van der Waals surface area contributed by atoms with Gasteiger partial charge in [-0.1, -0.05) is 32.4 Å². The summed E-state index contributed by atoms with van der Waals surface area (Å²) in [6.07, 6.45) is 1.77. The van der Waals surface area contributed by atoms with E-state index in [0.29, 0.717) is 48.8 Å². The van der Waals surface area contributed by atoms with Gasteiger partial charge in [0.2, 0.25) is 0 Å². The highest BCUT2D eigenvalue weighted by Gasteiger charge is 2.19. The van der Waals surface area contributed by atoms with Crippen LogP contribution in [-0.4, -0.2) is 49.7 Å². The molecule has 2 heterocycles. The molecule has 0 aliphatic carbocycles. The van der Waals surface area contributed by atoms with Crippen molar-refractivity contribution >= 4 is 17.0 Å². The van der Waals surface area contributed by atoms with Gasteiger partial charge in [0.1, 0.15) is 23.7 Å². The third-order valence-electron chi connectivity index (χ3n) is 5.47. The molecule has 2 aromatic heterocycles. The van der Waals surface area contributed by atoms with Crippen LogP contribution in [0.5, 0.6) is 5.75 Å². The molecule has 3 rings (SSSR count). The SMILES string of the molecule is CCCc1nn(C)c2c(=O)n(CCOc3ccc(C[C@@H](OCC)C(=O)O)cc3)c(CC)nc12. The Kier molecular flexibility index (Phi) is 8.21. The second kappa shape index (κ2) is 11.1. The smallest absolute Gasteiger partial charge is 0.333 e. The number of fused-ring (bicyclic) bond motifs is 1. The molecule has 0 aliphatic heterocycles. The number of aromatic nitrogens is 4. The first-order valence-electron chi connectivity index (χ1n) is 11.4. The Morgan fingerprint density at radius 2 is 1.91 bits per heavy atom. The van der Waals surface area contributed by atoms with Crippen molar-refractivity contribution in [2.75, 3.05) is 13.2 Å². The number of rotatable bonds is 12. The summed E-state index contributed by atoms with van der Waals surface area (Å²) in [6, 6.07) is 7.24. The average Bonchev–Trinajstić information content (AvgIpc) is 3.11. The number of aryl methyl sites for hydroxylation is 3. The molecule has 0 radical (unpaired) electrons. The van der Waals surface area contributed by atoms with Crippen molar-refractivity contribution in [2.24, 2.45) is 7.05 Å². The lowest BCUT2D eigenvalue weighted by atomic mass is 10.1. The molecule has 0 aliphatic rings. The zero-order valence-corrected chi connectivity index (χ0v) is 19.7. The minimum Gasteiger partial charge on any atom is -0.492 e. The number of nitrogens with zero attached hydrogens (tertiary/aromatic N) is 4. The van der Waals surface area contributed by atoms with E-state index < -0.39 is 12.1 Å². The van der Waals surface area contributed by atoms with Gasteiger partial charge in [-0.3, -0.25) is 14.0 Å². The summed E-state index contributed by atoms with van der Waals surface area (Å²) in [5.74, 6) is 0.385. The number of benzene rings is 1. The van der Waals surface area contributed by atoms with Crippen LogP contribution in [-0.2, 0) is 42.4 Å². The van der Waals surface area contributed by atoms with Crippen molar-refractivity contribution in [1.29, 1.82) is 0 Å². The van der Waals surface area contributed by atoms with Crippen molar-refractivity contribution in [3.05, 3.63) is 51.7 Å². The first-order valence-corrected chi connectivity index (χ1v) is 11.4. The Morgan fingerprint density at radius 1 is 1.18 bits per heavy atom. The van der Waals surface area contributed by atoms with Crippen molar-refractivity contribution in [3.63, 3.8) is 0 Å². The number of ether oxygens (including phenoxy) is 2. The van der Waals surface area contributed by atoms with Gasteiger partial charge in [0.05, 0.1) is 12.2 Å². The van der Waals surface area contributed by atoms with Crippen molar-refractivity contribution in [1.82, 2.24) is 19.3 Å². The molecule has 1 aromatic carbocycles. The zero-order valence-electron chi connectivity index (χ0n) is 19.7. The van der Waals surface area contributed by atoms with Gasteiger partial charge in [-0.15, -0.1) is 0 Å². The molecule has 0 spiro atoms. The van der Waals surface area contributed by atoms with Gasteiger partial charge in [-0.2, -0.15) is 5.10 Å². The lowest BCUT2D eigenvalue weighted by molar-refractivity contribution is -0.149. The van der Waals surface area contributed by atoms with E-state index in [1.165, 1.54) is 0 Å². The van der Waals surface area contributed by atoms with E-state index in [2.05, 4.69) is 12.0 Å². The Morgan fingerprint density at radius 3 is 2.52 bits per heavy atom. The first kappa shape index (κ1) is 24.4. The molecule has 0 fully saturated rings. The van der Waals surface area contributed by atoms with Crippen LogP contribution in [0.4, 0.5) is 0 Å². The van der Waals surface area contributed by atoms with E-state index in [-0.39, 0.29) is 12.0 Å². The summed E-state index contributed by atoms with van der Waals surface area (Å²) in [5, 5.41) is 13.7. The number of hydrogen-bond donors (Lipinski definition) is 1. The molecule has 0 saturated heterocycles. The number of carboxylic acid groups (broad SMARTS) is 1. The molecule has 9 nitrogen and oxygen atoms in total. The molecule has 0 bridgehead atoms. The van der Waals surface area contributed by atoms with Gasteiger partial charge in [0.25, 0.3) is 5.56 Å².